The smallest absolute Gasteiger partial charge is 0.330 e. The summed E-state index contributed by atoms with van der Waals surface area (Å²) in [6, 6.07) is 0. The van der Waals surface area contributed by atoms with Gasteiger partial charge in [-0.25, -0.2) is 14.6 Å². The Balaban J connectivity index is 0. The van der Waals surface area contributed by atoms with Gasteiger partial charge in [0.2, 0.25) is 6.08 Å². The summed E-state index contributed by atoms with van der Waals surface area (Å²) in [4.78, 5) is 21.9. The van der Waals surface area contributed by atoms with E-state index in [-0.39, 0.29) is 5.97 Å². The molecule has 0 aromatic carbocycles. The van der Waals surface area contributed by atoms with E-state index in [1.165, 1.54) is 13.1 Å². The molecule has 0 saturated carbocycles. The molecule has 0 radical (unpaired) electrons. The highest BCUT2D eigenvalue weighted by atomic mass is 16.5. The summed E-state index contributed by atoms with van der Waals surface area (Å²) >= 11 is 0. The summed E-state index contributed by atoms with van der Waals surface area (Å²) in [5.74, 6) is -0.359. The van der Waals surface area contributed by atoms with Gasteiger partial charge in [0.1, 0.15) is 0 Å². The van der Waals surface area contributed by atoms with Gasteiger partial charge < -0.3 is 4.74 Å². The summed E-state index contributed by atoms with van der Waals surface area (Å²) in [5.41, 5.74) is 0. The second-order valence-corrected chi connectivity index (χ2v) is 1.27. The second kappa shape index (κ2) is 11.4. The molecular formula is C7H11NO3. The lowest BCUT2D eigenvalue weighted by Crippen LogP contribution is -1.97. The molecular weight excluding hydrogens is 146 g/mol. The Kier molecular flexibility index (Phi) is 12.7. The molecule has 0 rings (SSSR count). The van der Waals surface area contributed by atoms with Crippen molar-refractivity contribution in [1.29, 1.82) is 0 Å². The summed E-state index contributed by atoms with van der Waals surface area (Å²) in [6.07, 6.45) is 2.45. The third kappa shape index (κ3) is 17.7. The van der Waals surface area contributed by atoms with Gasteiger partial charge in [-0.05, 0) is 6.92 Å². The fourth-order valence-corrected chi connectivity index (χ4v) is 0.201. The van der Waals surface area contributed by atoms with Crippen LogP contribution in [0, 0.1) is 0 Å². The molecule has 0 heterocycles. The molecule has 0 spiro atoms. The highest BCUT2D eigenvalue weighted by molar-refractivity contribution is 5.81. The van der Waals surface area contributed by atoms with Crippen molar-refractivity contribution in [1.82, 2.24) is 0 Å². The lowest BCUT2D eigenvalue weighted by atomic mass is 10.6. The van der Waals surface area contributed by atoms with Crippen molar-refractivity contribution in [2.75, 3.05) is 13.7 Å². The molecule has 0 fully saturated rings. The van der Waals surface area contributed by atoms with Crippen molar-refractivity contribution in [3.63, 3.8) is 0 Å². The first kappa shape index (κ1) is 12.3. The van der Waals surface area contributed by atoms with E-state index in [0.717, 1.165) is 6.08 Å². The Morgan fingerprint density at radius 3 is 2.36 bits per heavy atom. The van der Waals surface area contributed by atoms with E-state index in [4.69, 9.17) is 4.79 Å². The van der Waals surface area contributed by atoms with Crippen molar-refractivity contribution in [3.05, 3.63) is 12.7 Å². The minimum absolute atomic E-state index is 0.359. The van der Waals surface area contributed by atoms with Crippen molar-refractivity contribution < 1.29 is 14.3 Å². The minimum atomic E-state index is -0.359. The number of hydrogen-bond donors (Lipinski definition) is 0. The van der Waals surface area contributed by atoms with Crippen molar-refractivity contribution >= 4 is 12.0 Å². The van der Waals surface area contributed by atoms with Gasteiger partial charge in [-0.3, -0.25) is 0 Å². The number of hydrogen-bond acceptors (Lipinski definition) is 4. The number of isocyanates is 1. The maximum Gasteiger partial charge on any atom is 0.330 e. The van der Waals surface area contributed by atoms with Crippen LogP contribution in [0.5, 0.6) is 0 Å². The molecule has 0 aromatic rings. The lowest BCUT2D eigenvalue weighted by molar-refractivity contribution is -0.137. The first-order chi connectivity index (χ1) is 5.22. The number of rotatable bonds is 2. The average Bonchev–Trinajstić information content (AvgIpc) is 2.05. The van der Waals surface area contributed by atoms with Gasteiger partial charge in [-0.2, -0.15) is 0 Å². The normalized spacial score (nSPS) is 6.36. The van der Waals surface area contributed by atoms with Gasteiger partial charge in [0.15, 0.2) is 0 Å². The van der Waals surface area contributed by atoms with E-state index in [2.05, 4.69) is 16.3 Å². The van der Waals surface area contributed by atoms with Crippen LogP contribution in [0.4, 0.5) is 0 Å². The molecule has 0 N–H and O–H groups in total. The number of nitrogens with zero attached hydrogens (tertiary/aromatic N) is 1. The summed E-state index contributed by atoms with van der Waals surface area (Å²) in [5, 5.41) is 0. The quantitative estimate of drug-likeness (QED) is 0.256. The van der Waals surface area contributed by atoms with Gasteiger partial charge in [0.05, 0.1) is 6.61 Å². The van der Waals surface area contributed by atoms with Crippen LogP contribution in [0.25, 0.3) is 0 Å². The molecule has 62 valence electrons. The van der Waals surface area contributed by atoms with Crippen molar-refractivity contribution in [2.45, 2.75) is 6.92 Å². The molecule has 0 atom stereocenters. The molecule has 0 aliphatic rings. The van der Waals surface area contributed by atoms with Crippen molar-refractivity contribution in [2.24, 2.45) is 4.99 Å². The Bertz CT molecular complexity index is 159. The van der Waals surface area contributed by atoms with E-state index >= 15 is 0 Å². The predicted molar refractivity (Wildman–Crippen MR) is 40.9 cm³/mol. The SMILES string of the molecule is C=CC(=O)OCC.CN=C=O. The zero-order valence-corrected chi connectivity index (χ0v) is 6.66. The maximum absolute atomic E-state index is 10.1. The van der Waals surface area contributed by atoms with E-state index in [9.17, 15) is 4.79 Å². The third-order valence-corrected chi connectivity index (χ3v) is 0.545. The highest BCUT2D eigenvalue weighted by Crippen LogP contribution is 1.74. The topological polar surface area (TPSA) is 55.7 Å². The zero-order valence-electron chi connectivity index (χ0n) is 6.66. The van der Waals surface area contributed by atoms with Gasteiger partial charge >= 0.3 is 5.97 Å². The van der Waals surface area contributed by atoms with Gasteiger partial charge in [0.25, 0.3) is 0 Å². The Morgan fingerprint density at radius 2 is 2.27 bits per heavy atom. The number of esters is 1. The van der Waals surface area contributed by atoms with E-state index in [1.807, 2.05) is 0 Å². The van der Waals surface area contributed by atoms with Crippen molar-refractivity contribution in [3.8, 4) is 0 Å². The number of aliphatic imine (C=N–C) groups is 1. The molecule has 0 bridgehead atoms. The Hall–Kier alpha value is -1.41. The van der Waals surface area contributed by atoms with Gasteiger partial charge in [-0.1, -0.05) is 6.58 Å². The highest BCUT2D eigenvalue weighted by Gasteiger charge is 1.86. The van der Waals surface area contributed by atoms with E-state index in [1.54, 1.807) is 6.92 Å². The number of ether oxygens (including phenoxy) is 1. The molecule has 0 aliphatic heterocycles. The van der Waals surface area contributed by atoms with Crippen LogP contribution < -0.4 is 0 Å². The maximum atomic E-state index is 10.1. The molecule has 0 amide bonds. The summed E-state index contributed by atoms with van der Waals surface area (Å²) in [7, 11) is 1.38. The summed E-state index contributed by atoms with van der Waals surface area (Å²) in [6.45, 7) is 5.38. The standard InChI is InChI=1S/C5H8O2.C2H3NO/c1-3-5(6)7-4-2;1-3-2-4/h3H,1,4H2,2H3;1H3. The zero-order chi connectivity index (χ0) is 9.11. The minimum Gasteiger partial charge on any atom is -0.463 e. The van der Waals surface area contributed by atoms with Crippen LogP contribution in [0.3, 0.4) is 0 Å². The van der Waals surface area contributed by atoms with Crippen LogP contribution in [0.15, 0.2) is 17.6 Å². The van der Waals surface area contributed by atoms with E-state index < -0.39 is 0 Å². The predicted octanol–water partition coefficient (Wildman–Crippen LogP) is 0.687. The van der Waals surface area contributed by atoms with Crippen LogP contribution in [0.2, 0.25) is 0 Å². The molecule has 4 heteroatoms. The first-order valence-corrected chi connectivity index (χ1v) is 2.98. The van der Waals surface area contributed by atoms with Crippen LogP contribution in [-0.2, 0) is 14.3 Å². The molecule has 4 nitrogen and oxygen atoms in total. The third-order valence-electron chi connectivity index (χ3n) is 0.545. The molecule has 11 heavy (non-hydrogen) atoms. The second-order valence-electron chi connectivity index (χ2n) is 1.27. The van der Waals surface area contributed by atoms with Gasteiger partial charge in [-0.15, -0.1) is 0 Å². The average molecular weight is 157 g/mol. The fraction of sp³-hybridized carbons (Fsp3) is 0.429. The Labute approximate surface area is 65.6 Å². The van der Waals surface area contributed by atoms with Crippen LogP contribution >= 0.6 is 0 Å². The molecule has 0 aromatic heterocycles. The molecule has 0 unspecified atom stereocenters. The monoisotopic (exact) mass is 157 g/mol. The molecule has 0 saturated heterocycles. The number of carbonyl (C=O) groups excluding carboxylic acids is 2. The van der Waals surface area contributed by atoms with Crippen LogP contribution in [-0.4, -0.2) is 25.7 Å². The first-order valence-electron chi connectivity index (χ1n) is 2.98. The largest absolute Gasteiger partial charge is 0.463 e. The van der Waals surface area contributed by atoms with Gasteiger partial charge in [0, 0.05) is 13.1 Å². The fourth-order valence-electron chi connectivity index (χ4n) is 0.201. The number of carbonyl (C=O) groups is 1. The summed E-state index contributed by atoms with van der Waals surface area (Å²) < 4.78 is 4.43. The van der Waals surface area contributed by atoms with E-state index in [0.29, 0.717) is 6.61 Å². The van der Waals surface area contributed by atoms with Crippen LogP contribution in [0.1, 0.15) is 6.92 Å². The Morgan fingerprint density at radius 1 is 1.82 bits per heavy atom. The lowest BCUT2D eigenvalue weighted by Gasteiger charge is -1.90. The molecule has 0 aliphatic carbocycles.